The Balaban J connectivity index is 1.18. The number of H-pyrrole nitrogens is 1. The number of thiophene rings is 1. The van der Waals surface area contributed by atoms with E-state index in [1.165, 1.54) is 23.6 Å². The summed E-state index contributed by atoms with van der Waals surface area (Å²) >= 11 is 1.70. The topological polar surface area (TPSA) is 190 Å². The first-order chi connectivity index (χ1) is 22.0. The summed E-state index contributed by atoms with van der Waals surface area (Å²) in [5, 5.41) is 38.7. The number of hydroxylamine groups is 2. The van der Waals surface area contributed by atoms with Gasteiger partial charge in [0.2, 0.25) is 0 Å². The highest BCUT2D eigenvalue weighted by Gasteiger charge is 2.36. The maximum absolute atomic E-state index is 9.94. The number of aliphatic hydroxyl groups excluding tert-OH is 1. The quantitative estimate of drug-likeness (QED) is 0.0550. The molecule has 11 nitrogen and oxygen atoms in total. The van der Waals surface area contributed by atoms with Crippen molar-refractivity contribution in [3.63, 3.8) is 0 Å². The number of hydrogen-bond acceptors (Lipinski definition) is 11. The molecule has 2 unspecified atom stereocenters. The van der Waals surface area contributed by atoms with Crippen LogP contribution in [-0.4, -0.2) is 57.0 Å². The number of aliphatic hydroxyl groups is 1. The Kier molecular flexibility index (Phi) is 10.3. The highest BCUT2D eigenvalue weighted by Crippen LogP contribution is 2.43. The molecule has 242 valence electrons. The predicted octanol–water partition coefficient (Wildman–Crippen LogP) is 5.13. The van der Waals surface area contributed by atoms with Gasteiger partial charge in [-0.3, -0.25) is 0 Å². The molecule has 1 fully saturated rings. The van der Waals surface area contributed by atoms with Crippen LogP contribution in [0.3, 0.4) is 0 Å². The van der Waals surface area contributed by atoms with Crippen LogP contribution < -0.4 is 33.1 Å². The molecule has 0 amide bonds. The molecule has 1 aliphatic carbocycles. The second-order valence-electron chi connectivity index (χ2n) is 12.5. The van der Waals surface area contributed by atoms with Crippen LogP contribution in [0, 0.1) is 11.8 Å². The third-order valence-electron chi connectivity index (χ3n) is 9.35. The van der Waals surface area contributed by atoms with Gasteiger partial charge in [-0.2, -0.15) is 5.48 Å². The molecular formula is C33H46N8O3S. The molecule has 0 bridgehead atoms. The van der Waals surface area contributed by atoms with Crippen LogP contribution in [-0.2, 0) is 0 Å². The zero-order valence-electron chi connectivity index (χ0n) is 25.5. The maximum Gasteiger partial charge on any atom is 0.127 e. The molecule has 0 spiro atoms. The number of rotatable bonds is 17. The molecule has 5 atom stereocenters. The minimum Gasteiger partial charge on any atom is -0.376 e. The van der Waals surface area contributed by atoms with E-state index in [1.807, 2.05) is 11.7 Å². The smallest absolute Gasteiger partial charge is 0.127 e. The molecular weight excluding hydrogens is 588 g/mol. The number of fused-ring (bicyclic) bond motifs is 3. The van der Waals surface area contributed by atoms with E-state index in [2.05, 4.69) is 68.5 Å². The van der Waals surface area contributed by atoms with Crippen molar-refractivity contribution in [3.8, 4) is 21.0 Å². The molecule has 0 radical (unpaired) electrons. The van der Waals surface area contributed by atoms with Crippen LogP contribution in [0.2, 0.25) is 0 Å². The largest absolute Gasteiger partial charge is 0.376 e. The van der Waals surface area contributed by atoms with Gasteiger partial charge in [0.15, 0.2) is 0 Å². The highest BCUT2D eigenvalue weighted by atomic mass is 32.1. The second-order valence-corrected chi connectivity index (χ2v) is 13.6. The molecule has 1 saturated carbocycles. The molecule has 2 aromatic carbocycles. The number of anilines is 2. The molecule has 6 rings (SSSR count). The number of hydrogen-bond donors (Lipinski definition) is 10. The van der Waals surface area contributed by atoms with Gasteiger partial charge in [-0.25, -0.2) is 10.5 Å². The van der Waals surface area contributed by atoms with Crippen molar-refractivity contribution >= 4 is 33.5 Å². The van der Waals surface area contributed by atoms with Crippen LogP contribution in [0.4, 0.5) is 11.4 Å². The van der Waals surface area contributed by atoms with Crippen LogP contribution in [0.5, 0.6) is 0 Å². The fraction of sp³-hybridized carbons (Fsp3) is 0.485. The third-order valence-corrected chi connectivity index (χ3v) is 10.5. The van der Waals surface area contributed by atoms with E-state index in [0.717, 1.165) is 70.3 Å². The molecule has 0 saturated heterocycles. The first-order valence-electron chi connectivity index (χ1n) is 16.1. The number of nitrogens with one attached hydrogen (secondary N) is 5. The summed E-state index contributed by atoms with van der Waals surface area (Å²) in [6, 6.07) is 15.3. The minimum atomic E-state index is -1.03. The van der Waals surface area contributed by atoms with Crippen molar-refractivity contribution in [3.05, 3.63) is 54.5 Å². The lowest BCUT2D eigenvalue weighted by Gasteiger charge is -2.28. The summed E-state index contributed by atoms with van der Waals surface area (Å²) < 4.78 is 0. The van der Waals surface area contributed by atoms with Crippen molar-refractivity contribution in [2.75, 3.05) is 23.7 Å². The van der Waals surface area contributed by atoms with Crippen LogP contribution in [0.15, 0.2) is 48.7 Å². The van der Waals surface area contributed by atoms with Gasteiger partial charge in [-0.1, -0.05) is 18.2 Å². The first kappa shape index (κ1) is 31.9. The second kappa shape index (κ2) is 14.6. The van der Waals surface area contributed by atoms with Gasteiger partial charge in [0, 0.05) is 22.2 Å². The van der Waals surface area contributed by atoms with E-state index in [0.29, 0.717) is 31.3 Å². The monoisotopic (exact) mass is 634 g/mol. The molecule has 2 aromatic heterocycles. The summed E-state index contributed by atoms with van der Waals surface area (Å²) in [4.78, 5) is 10.3. The van der Waals surface area contributed by atoms with Crippen molar-refractivity contribution in [2.24, 2.45) is 23.3 Å². The van der Waals surface area contributed by atoms with Crippen LogP contribution in [0.1, 0.15) is 63.1 Å². The number of aromatic nitrogens is 2. The molecule has 12 N–H and O–H groups in total. The van der Waals surface area contributed by atoms with E-state index >= 15 is 0 Å². The van der Waals surface area contributed by atoms with Gasteiger partial charge in [0.1, 0.15) is 12.1 Å². The lowest BCUT2D eigenvalue weighted by Crippen LogP contribution is -2.39. The van der Waals surface area contributed by atoms with Gasteiger partial charge < -0.3 is 42.6 Å². The fourth-order valence-electron chi connectivity index (χ4n) is 6.69. The molecule has 3 heterocycles. The molecule has 2 aliphatic rings. The van der Waals surface area contributed by atoms with Gasteiger partial charge in [0.25, 0.3) is 0 Å². The van der Waals surface area contributed by atoms with Gasteiger partial charge in [0.05, 0.1) is 34.3 Å². The van der Waals surface area contributed by atoms with E-state index in [-0.39, 0.29) is 18.1 Å². The Morgan fingerprint density at radius 2 is 1.73 bits per heavy atom. The van der Waals surface area contributed by atoms with Gasteiger partial charge >= 0.3 is 0 Å². The Morgan fingerprint density at radius 1 is 0.933 bits per heavy atom. The van der Waals surface area contributed by atoms with Gasteiger partial charge in [-0.05, 0) is 112 Å². The van der Waals surface area contributed by atoms with Gasteiger partial charge in [-0.15, -0.1) is 11.3 Å². The zero-order chi connectivity index (χ0) is 31.3. The summed E-state index contributed by atoms with van der Waals surface area (Å²) in [5.74, 6) is 1.62. The molecule has 12 heteroatoms. The molecule has 1 aliphatic heterocycles. The lowest BCUT2D eigenvalue weighted by molar-refractivity contribution is -0.00751. The Hall–Kier alpha value is -3.07. The normalized spacial score (nSPS) is 18.7. The molecule has 45 heavy (non-hydrogen) atoms. The minimum absolute atomic E-state index is 0.0526. The average molecular weight is 635 g/mol. The van der Waals surface area contributed by atoms with Crippen molar-refractivity contribution in [1.82, 2.24) is 20.9 Å². The number of imidazole rings is 1. The Morgan fingerprint density at radius 3 is 2.49 bits per heavy atom. The SMILES string of the molecule is NCCCC(C[C@H](O)NO)c1ncc(-c2ccc(-c3ccc4c5c(ccc4c3)NC([C@H](CCCN)C[C@@H](NO)C3CC3)N5)s2)[nH]1. The van der Waals surface area contributed by atoms with E-state index in [4.69, 9.17) is 16.7 Å². The van der Waals surface area contributed by atoms with E-state index < -0.39 is 6.23 Å². The summed E-state index contributed by atoms with van der Waals surface area (Å²) in [7, 11) is 0. The van der Waals surface area contributed by atoms with Crippen LogP contribution >= 0.6 is 11.3 Å². The summed E-state index contributed by atoms with van der Waals surface area (Å²) in [6.45, 7) is 1.22. The average Bonchev–Trinajstić information content (AvgIpc) is 3.43. The fourth-order valence-corrected chi connectivity index (χ4v) is 7.66. The maximum atomic E-state index is 9.94. The van der Waals surface area contributed by atoms with Crippen LogP contribution in [0.25, 0.3) is 31.8 Å². The highest BCUT2D eigenvalue weighted by molar-refractivity contribution is 7.18. The van der Waals surface area contributed by atoms with Crippen molar-refractivity contribution in [2.45, 2.75) is 75.7 Å². The Bertz CT molecular complexity index is 1560. The first-order valence-corrected chi connectivity index (χ1v) is 17.0. The lowest BCUT2D eigenvalue weighted by atomic mass is 9.90. The summed E-state index contributed by atoms with van der Waals surface area (Å²) in [5.41, 5.74) is 20.4. The number of nitrogens with zero attached hydrogens (tertiary/aromatic N) is 1. The van der Waals surface area contributed by atoms with E-state index in [9.17, 15) is 10.3 Å². The number of nitrogens with two attached hydrogens (primary N) is 2. The van der Waals surface area contributed by atoms with E-state index in [1.54, 1.807) is 11.3 Å². The van der Waals surface area contributed by atoms with Crippen molar-refractivity contribution < 1.29 is 15.5 Å². The Labute approximate surface area is 267 Å². The number of benzene rings is 2. The summed E-state index contributed by atoms with van der Waals surface area (Å²) in [6.07, 6.45) is 8.00. The zero-order valence-corrected chi connectivity index (χ0v) is 26.3. The predicted molar refractivity (Wildman–Crippen MR) is 180 cm³/mol. The number of aromatic amines is 1. The third kappa shape index (κ3) is 7.34. The molecule has 4 aromatic rings. The van der Waals surface area contributed by atoms with Crippen molar-refractivity contribution in [1.29, 1.82) is 0 Å². The standard InChI is InChI=1S/C33H46N8O3S/c34-13-1-3-22(16-26(40-43)19-5-6-19)33-37-25-10-8-20-15-21(7-9-24(20)31(25)39-33)28-11-12-29(45-28)27-18-36-32(38-27)23(4-2-14-35)17-30(42)41-44/h7-12,15,18-19,22-23,26,30,33,37,39-44H,1-6,13-14,16-17,34-35H2,(H,36,38)/t22-,23?,26-,30+,33?/m1/s1.